The molecular formula is C9H17NO. The van der Waals surface area contributed by atoms with Gasteiger partial charge in [-0.1, -0.05) is 0 Å². The van der Waals surface area contributed by atoms with Crippen LogP contribution in [0.15, 0.2) is 0 Å². The first-order chi connectivity index (χ1) is 5.43. The van der Waals surface area contributed by atoms with Crippen molar-refractivity contribution in [1.29, 1.82) is 0 Å². The summed E-state index contributed by atoms with van der Waals surface area (Å²) in [6.45, 7) is 2.31. The SMILES string of the molecule is O=CCCC1CCCNCC1. The molecule has 0 aromatic heterocycles. The summed E-state index contributed by atoms with van der Waals surface area (Å²) in [5.74, 6) is 0.801. The number of hydrogen-bond donors (Lipinski definition) is 1. The van der Waals surface area contributed by atoms with Crippen molar-refractivity contribution in [2.75, 3.05) is 13.1 Å². The molecule has 0 spiro atoms. The summed E-state index contributed by atoms with van der Waals surface area (Å²) in [5, 5.41) is 3.37. The van der Waals surface area contributed by atoms with Gasteiger partial charge in [0, 0.05) is 6.42 Å². The summed E-state index contributed by atoms with van der Waals surface area (Å²) in [7, 11) is 0. The van der Waals surface area contributed by atoms with Gasteiger partial charge < -0.3 is 10.1 Å². The molecule has 1 unspecified atom stereocenters. The zero-order chi connectivity index (χ0) is 7.94. The molecule has 11 heavy (non-hydrogen) atoms. The van der Waals surface area contributed by atoms with Gasteiger partial charge in [-0.05, 0) is 44.7 Å². The molecule has 1 rings (SSSR count). The Balaban J connectivity index is 2.14. The Kier molecular flexibility index (Phi) is 4.21. The largest absolute Gasteiger partial charge is 0.317 e. The van der Waals surface area contributed by atoms with Crippen molar-refractivity contribution in [2.24, 2.45) is 5.92 Å². The fourth-order valence-electron chi connectivity index (χ4n) is 1.68. The van der Waals surface area contributed by atoms with Crippen LogP contribution in [0.25, 0.3) is 0 Å². The molecule has 1 saturated heterocycles. The van der Waals surface area contributed by atoms with Gasteiger partial charge in [-0.25, -0.2) is 0 Å². The summed E-state index contributed by atoms with van der Waals surface area (Å²) in [6.07, 6.45) is 6.74. The van der Waals surface area contributed by atoms with Gasteiger partial charge >= 0.3 is 0 Å². The number of carbonyl (C=O) groups is 1. The summed E-state index contributed by atoms with van der Waals surface area (Å²) in [5.41, 5.74) is 0. The highest BCUT2D eigenvalue weighted by Crippen LogP contribution is 2.18. The standard InChI is InChI=1S/C9H17NO/c11-8-2-4-9-3-1-6-10-7-5-9/h8-10H,1-7H2. The molecular weight excluding hydrogens is 138 g/mol. The lowest BCUT2D eigenvalue weighted by atomic mass is 9.96. The lowest BCUT2D eigenvalue weighted by molar-refractivity contribution is -0.108. The molecule has 0 bridgehead atoms. The molecule has 2 nitrogen and oxygen atoms in total. The molecule has 1 fully saturated rings. The van der Waals surface area contributed by atoms with E-state index in [1.54, 1.807) is 0 Å². The van der Waals surface area contributed by atoms with Crippen LogP contribution >= 0.6 is 0 Å². The predicted octanol–water partition coefficient (Wildman–Crippen LogP) is 1.36. The Morgan fingerprint density at radius 2 is 2.27 bits per heavy atom. The average Bonchev–Trinajstić information content (AvgIpc) is 2.28. The van der Waals surface area contributed by atoms with Gasteiger partial charge in [0.05, 0.1) is 0 Å². The van der Waals surface area contributed by atoms with Crippen molar-refractivity contribution >= 4 is 6.29 Å². The van der Waals surface area contributed by atoms with Crippen LogP contribution in [-0.2, 0) is 4.79 Å². The number of hydrogen-bond acceptors (Lipinski definition) is 2. The molecule has 1 aliphatic rings. The maximum Gasteiger partial charge on any atom is 0.120 e. The first-order valence-electron chi connectivity index (χ1n) is 4.58. The summed E-state index contributed by atoms with van der Waals surface area (Å²) >= 11 is 0. The van der Waals surface area contributed by atoms with E-state index in [0.717, 1.165) is 38.1 Å². The van der Waals surface area contributed by atoms with E-state index in [2.05, 4.69) is 5.32 Å². The third-order valence-corrected chi connectivity index (χ3v) is 2.39. The summed E-state index contributed by atoms with van der Waals surface area (Å²) in [4.78, 5) is 10.1. The topological polar surface area (TPSA) is 29.1 Å². The van der Waals surface area contributed by atoms with Crippen LogP contribution in [0.2, 0.25) is 0 Å². The normalized spacial score (nSPS) is 26.0. The van der Waals surface area contributed by atoms with E-state index < -0.39 is 0 Å². The van der Waals surface area contributed by atoms with Gasteiger partial charge in [-0.2, -0.15) is 0 Å². The zero-order valence-electron chi connectivity index (χ0n) is 7.01. The van der Waals surface area contributed by atoms with E-state index in [4.69, 9.17) is 0 Å². The molecule has 1 atom stereocenters. The third-order valence-electron chi connectivity index (χ3n) is 2.39. The lowest BCUT2D eigenvalue weighted by Crippen LogP contribution is -2.14. The molecule has 1 N–H and O–H groups in total. The quantitative estimate of drug-likeness (QED) is 0.623. The fraction of sp³-hybridized carbons (Fsp3) is 0.889. The maximum atomic E-state index is 10.1. The van der Waals surface area contributed by atoms with Gasteiger partial charge in [0.1, 0.15) is 6.29 Å². The minimum Gasteiger partial charge on any atom is -0.317 e. The lowest BCUT2D eigenvalue weighted by Gasteiger charge is -2.10. The van der Waals surface area contributed by atoms with Crippen molar-refractivity contribution in [3.05, 3.63) is 0 Å². The summed E-state index contributed by atoms with van der Waals surface area (Å²) < 4.78 is 0. The predicted molar refractivity (Wildman–Crippen MR) is 45.5 cm³/mol. The smallest absolute Gasteiger partial charge is 0.120 e. The second kappa shape index (κ2) is 5.30. The highest BCUT2D eigenvalue weighted by molar-refractivity contribution is 5.49. The van der Waals surface area contributed by atoms with Crippen molar-refractivity contribution in [2.45, 2.75) is 32.1 Å². The maximum absolute atomic E-state index is 10.1. The fourth-order valence-corrected chi connectivity index (χ4v) is 1.68. The molecule has 0 aromatic carbocycles. The highest BCUT2D eigenvalue weighted by atomic mass is 16.1. The molecule has 64 valence electrons. The minimum atomic E-state index is 0.755. The Morgan fingerprint density at radius 3 is 3.09 bits per heavy atom. The number of carbonyl (C=O) groups excluding carboxylic acids is 1. The Labute approximate surface area is 68.4 Å². The molecule has 1 heterocycles. The molecule has 0 amide bonds. The molecule has 0 saturated carbocycles. The van der Waals surface area contributed by atoms with Crippen molar-refractivity contribution in [3.63, 3.8) is 0 Å². The van der Waals surface area contributed by atoms with E-state index in [0.29, 0.717) is 0 Å². The van der Waals surface area contributed by atoms with E-state index in [9.17, 15) is 4.79 Å². The Bertz CT molecular complexity index is 106. The highest BCUT2D eigenvalue weighted by Gasteiger charge is 2.10. The van der Waals surface area contributed by atoms with Gasteiger partial charge in [-0.3, -0.25) is 0 Å². The van der Waals surface area contributed by atoms with Crippen LogP contribution in [0.3, 0.4) is 0 Å². The Hall–Kier alpha value is -0.370. The molecule has 1 aliphatic heterocycles. The number of rotatable bonds is 3. The number of aldehydes is 1. The van der Waals surface area contributed by atoms with Crippen LogP contribution in [0.5, 0.6) is 0 Å². The van der Waals surface area contributed by atoms with Crippen LogP contribution in [0.1, 0.15) is 32.1 Å². The number of nitrogens with one attached hydrogen (secondary N) is 1. The van der Waals surface area contributed by atoms with Gasteiger partial charge in [0.2, 0.25) is 0 Å². The second-order valence-corrected chi connectivity index (χ2v) is 3.29. The van der Waals surface area contributed by atoms with Crippen LogP contribution in [0, 0.1) is 5.92 Å². The van der Waals surface area contributed by atoms with Crippen LogP contribution in [-0.4, -0.2) is 19.4 Å². The third kappa shape index (κ3) is 3.51. The van der Waals surface area contributed by atoms with Crippen molar-refractivity contribution in [3.8, 4) is 0 Å². The molecule has 0 aliphatic carbocycles. The van der Waals surface area contributed by atoms with E-state index in [1.807, 2.05) is 0 Å². The van der Waals surface area contributed by atoms with E-state index in [-0.39, 0.29) is 0 Å². The van der Waals surface area contributed by atoms with Gasteiger partial charge in [0.15, 0.2) is 0 Å². The van der Waals surface area contributed by atoms with Gasteiger partial charge in [-0.15, -0.1) is 0 Å². The minimum absolute atomic E-state index is 0.755. The second-order valence-electron chi connectivity index (χ2n) is 3.29. The summed E-state index contributed by atoms with van der Waals surface area (Å²) in [6, 6.07) is 0. The monoisotopic (exact) mass is 155 g/mol. The molecule has 2 heteroatoms. The molecule has 0 radical (unpaired) electrons. The first-order valence-corrected chi connectivity index (χ1v) is 4.58. The first kappa shape index (κ1) is 8.72. The van der Waals surface area contributed by atoms with Gasteiger partial charge in [0.25, 0.3) is 0 Å². The van der Waals surface area contributed by atoms with Crippen LogP contribution in [0.4, 0.5) is 0 Å². The average molecular weight is 155 g/mol. The Morgan fingerprint density at radius 1 is 1.36 bits per heavy atom. The zero-order valence-corrected chi connectivity index (χ0v) is 7.01. The van der Waals surface area contributed by atoms with Crippen molar-refractivity contribution in [1.82, 2.24) is 5.32 Å². The van der Waals surface area contributed by atoms with E-state index in [1.165, 1.54) is 19.3 Å². The van der Waals surface area contributed by atoms with Crippen LogP contribution < -0.4 is 5.32 Å². The molecule has 0 aromatic rings. The van der Waals surface area contributed by atoms with Crippen molar-refractivity contribution < 1.29 is 4.79 Å². The van der Waals surface area contributed by atoms with E-state index >= 15 is 0 Å².